The van der Waals surface area contributed by atoms with Gasteiger partial charge in [0.2, 0.25) is 0 Å². The first-order valence-electron chi connectivity index (χ1n) is 4.49. The van der Waals surface area contributed by atoms with Crippen molar-refractivity contribution in [2.24, 2.45) is 11.8 Å². The SMILES string of the molecule is C.CC1[C@H]2CCC[C@H]2CN1C. The minimum absolute atomic E-state index is 0. The van der Waals surface area contributed by atoms with Gasteiger partial charge in [0.1, 0.15) is 0 Å². The zero-order valence-electron chi connectivity index (χ0n) is 7.01. The Morgan fingerprint density at radius 1 is 1.27 bits per heavy atom. The average molecular weight is 155 g/mol. The van der Waals surface area contributed by atoms with Crippen molar-refractivity contribution < 1.29 is 0 Å². The van der Waals surface area contributed by atoms with Crippen LogP contribution in [0.1, 0.15) is 33.6 Å². The first-order chi connectivity index (χ1) is 4.79. The van der Waals surface area contributed by atoms with Crippen molar-refractivity contribution in [2.45, 2.75) is 39.7 Å². The van der Waals surface area contributed by atoms with E-state index < -0.39 is 0 Å². The molecule has 0 radical (unpaired) electrons. The van der Waals surface area contributed by atoms with Crippen molar-refractivity contribution >= 4 is 0 Å². The Morgan fingerprint density at radius 3 is 2.64 bits per heavy atom. The highest BCUT2D eigenvalue weighted by Crippen LogP contribution is 2.40. The monoisotopic (exact) mass is 155 g/mol. The Labute approximate surface area is 70.8 Å². The molecule has 1 saturated carbocycles. The molecule has 1 aliphatic heterocycles. The van der Waals surface area contributed by atoms with Crippen molar-refractivity contribution in [3.05, 3.63) is 0 Å². The van der Waals surface area contributed by atoms with E-state index in [1.165, 1.54) is 25.8 Å². The molecule has 0 aromatic rings. The average Bonchev–Trinajstić information content (AvgIpc) is 2.41. The lowest BCUT2D eigenvalue weighted by Gasteiger charge is -2.18. The zero-order chi connectivity index (χ0) is 7.14. The summed E-state index contributed by atoms with van der Waals surface area (Å²) in [6, 6.07) is 0.868. The van der Waals surface area contributed by atoms with Crippen LogP contribution < -0.4 is 0 Å². The van der Waals surface area contributed by atoms with Crippen LogP contribution in [0, 0.1) is 11.8 Å². The van der Waals surface area contributed by atoms with Crippen molar-refractivity contribution in [3.8, 4) is 0 Å². The second-order valence-electron chi connectivity index (χ2n) is 4.04. The largest absolute Gasteiger partial charge is 0.303 e. The molecule has 0 aromatic heterocycles. The van der Waals surface area contributed by atoms with Crippen LogP contribution in [-0.4, -0.2) is 24.5 Å². The van der Waals surface area contributed by atoms with Crippen molar-refractivity contribution in [3.63, 3.8) is 0 Å². The van der Waals surface area contributed by atoms with E-state index >= 15 is 0 Å². The second-order valence-corrected chi connectivity index (χ2v) is 4.04. The summed E-state index contributed by atoms with van der Waals surface area (Å²) in [5.41, 5.74) is 0. The quantitative estimate of drug-likeness (QED) is 0.519. The van der Waals surface area contributed by atoms with Crippen molar-refractivity contribution in [2.75, 3.05) is 13.6 Å². The third-order valence-electron chi connectivity index (χ3n) is 3.56. The smallest absolute Gasteiger partial charge is 0.00953 e. The lowest BCUT2D eigenvalue weighted by Crippen LogP contribution is -2.25. The summed E-state index contributed by atoms with van der Waals surface area (Å²) >= 11 is 0. The van der Waals surface area contributed by atoms with Gasteiger partial charge in [-0.05, 0) is 38.6 Å². The molecule has 0 spiro atoms. The number of hydrogen-bond donors (Lipinski definition) is 0. The summed E-state index contributed by atoms with van der Waals surface area (Å²) in [4.78, 5) is 2.52. The predicted molar refractivity (Wildman–Crippen MR) is 49.7 cm³/mol. The minimum Gasteiger partial charge on any atom is -0.303 e. The van der Waals surface area contributed by atoms with Crippen LogP contribution in [0.25, 0.3) is 0 Å². The van der Waals surface area contributed by atoms with Gasteiger partial charge >= 0.3 is 0 Å². The van der Waals surface area contributed by atoms with Gasteiger partial charge in [0.05, 0.1) is 0 Å². The summed E-state index contributed by atoms with van der Waals surface area (Å²) in [5, 5.41) is 0. The Hall–Kier alpha value is -0.0400. The molecule has 2 aliphatic rings. The van der Waals surface area contributed by atoms with E-state index in [9.17, 15) is 0 Å². The maximum Gasteiger partial charge on any atom is 0.00953 e. The zero-order valence-corrected chi connectivity index (χ0v) is 7.01. The summed E-state index contributed by atoms with van der Waals surface area (Å²) in [6.45, 7) is 3.75. The number of rotatable bonds is 0. The topological polar surface area (TPSA) is 3.24 Å². The Kier molecular flexibility index (Phi) is 2.58. The molecule has 66 valence electrons. The van der Waals surface area contributed by atoms with E-state index in [0.717, 1.165) is 17.9 Å². The molecule has 0 amide bonds. The van der Waals surface area contributed by atoms with Gasteiger partial charge in [-0.25, -0.2) is 0 Å². The molecule has 2 rings (SSSR count). The van der Waals surface area contributed by atoms with Gasteiger partial charge in [0.25, 0.3) is 0 Å². The fraction of sp³-hybridized carbons (Fsp3) is 1.00. The molecule has 1 unspecified atom stereocenters. The fourth-order valence-electron chi connectivity index (χ4n) is 2.79. The van der Waals surface area contributed by atoms with E-state index in [4.69, 9.17) is 0 Å². The van der Waals surface area contributed by atoms with Crippen LogP contribution in [0.15, 0.2) is 0 Å². The highest BCUT2D eigenvalue weighted by atomic mass is 15.2. The van der Waals surface area contributed by atoms with Crippen molar-refractivity contribution in [1.82, 2.24) is 4.90 Å². The number of nitrogens with zero attached hydrogens (tertiary/aromatic N) is 1. The minimum atomic E-state index is 0. The maximum atomic E-state index is 2.52. The Balaban J connectivity index is 0.000000605. The van der Waals surface area contributed by atoms with Gasteiger partial charge in [-0.1, -0.05) is 13.8 Å². The summed E-state index contributed by atoms with van der Waals surface area (Å²) in [5.74, 6) is 2.10. The third kappa shape index (κ3) is 1.31. The van der Waals surface area contributed by atoms with Crippen LogP contribution >= 0.6 is 0 Å². The van der Waals surface area contributed by atoms with Crippen molar-refractivity contribution in [1.29, 1.82) is 0 Å². The lowest BCUT2D eigenvalue weighted by atomic mass is 9.95. The normalized spacial score (nSPS) is 43.6. The van der Waals surface area contributed by atoms with Gasteiger partial charge in [0, 0.05) is 12.6 Å². The molecular formula is C10H21N. The first-order valence-corrected chi connectivity index (χ1v) is 4.49. The van der Waals surface area contributed by atoms with Crippen LogP contribution in [0.5, 0.6) is 0 Å². The van der Waals surface area contributed by atoms with E-state index in [-0.39, 0.29) is 7.43 Å². The van der Waals surface area contributed by atoms with Crippen LogP contribution in [0.3, 0.4) is 0 Å². The van der Waals surface area contributed by atoms with Crippen LogP contribution in [0.2, 0.25) is 0 Å². The molecule has 1 saturated heterocycles. The highest BCUT2D eigenvalue weighted by molar-refractivity contribution is 4.92. The van der Waals surface area contributed by atoms with Gasteiger partial charge in [-0.3, -0.25) is 0 Å². The molecule has 1 heterocycles. The lowest BCUT2D eigenvalue weighted by molar-refractivity contribution is 0.287. The fourth-order valence-corrected chi connectivity index (χ4v) is 2.79. The Bertz CT molecular complexity index is 131. The second kappa shape index (κ2) is 3.14. The van der Waals surface area contributed by atoms with Crippen LogP contribution in [0.4, 0.5) is 0 Å². The van der Waals surface area contributed by atoms with Gasteiger partial charge in [-0.15, -0.1) is 0 Å². The summed E-state index contributed by atoms with van der Waals surface area (Å²) in [6.07, 6.45) is 4.49. The first kappa shape index (κ1) is 9.05. The maximum absolute atomic E-state index is 2.52. The van der Waals surface area contributed by atoms with E-state index in [0.29, 0.717) is 0 Å². The third-order valence-corrected chi connectivity index (χ3v) is 3.56. The molecule has 1 heteroatoms. The molecule has 11 heavy (non-hydrogen) atoms. The highest BCUT2D eigenvalue weighted by Gasteiger charge is 2.39. The van der Waals surface area contributed by atoms with Gasteiger partial charge in [0.15, 0.2) is 0 Å². The summed E-state index contributed by atoms with van der Waals surface area (Å²) in [7, 11) is 2.27. The number of likely N-dealkylation sites (tertiary alicyclic amines) is 1. The van der Waals surface area contributed by atoms with E-state index in [1.54, 1.807) is 0 Å². The molecule has 0 bridgehead atoms. The number of hydrogen-bond acceptors (Lipinski definition) is 1. The van der Waals surface area contributed by atoms with E-state index in [2.05, 4.69) is 18.9 Å². The summed E-state index contributed by atoms with van der Waals surface area (Å²) < 4.78 is 0. The number of fused-ring (bicyclic) bond motifs is 1. The molecule has 1 nitrogen and oxygen atoms in total. The predicted octanol–water partition coefficient (Wildman–Crippen LogP) is 2.37. The van der Waals surface area contributed by atoms with Gasteiger partial charge in [-0.2, -0.15) is 0 Å². The molecule has 2 fully saturated rings. The molecule has 1 aliphatic carbocycles. The molecule has 0 N–H and O–H groups in total. The van der Waals surface area contributed by atoms with E-state index in [1.807, 2.05) is 0 Å². The standard InChI is InChI=1S/C9H17N.CH4/c1-7-9-5-3-4-8(9)6-10(7)2;/h7-9H,3-6H2,1-2H3;1H4/t7?,8-,9+;/m0./s1. The van der Waals surface area contributed by atoms with Gasteiger partial charge < -0.3 is 4.90 Å². The Morgan fingerprint density at radius 2 is 2.00 bits per heavy atom. The van der Waals surface area contributed by atoms with Crippen LogP contribution in [-0.2, 0) is 0 Å². The molecular weight excluding hydrogens is 134 g/mol. The molecule has 0 aromatic carbocycles. The molecule has 3 atom stereocenters.